The van der Waals surface area contributed by atoms with Gasteiger partial charge in [0.1, 0.15) is 25.0 Å². The number of ether oxygens (including phenoxy) is 2. The van der Waals surface area contributed by atoms with Crippen molar-refractivity contribution in [2.24, 2.45) is 5.16 Å². The third-order valence-corrected chi connectivity index (χ3v) is 3.52. The van der Waals surface area contributed by atoms with Crippen LogP contribution in [0.3, 0.4) is 0 Å². The molecule has 2 rings (SSSR count). The summed E-state index contributed by atoms with van der Waals surface area (Å²) in [6.45, 7) is 5.99. The van der Waals surface area contributed by atoms with E-state index in [0.29, 0.717) is 5.71 Å². The van der Waals surface area contributed by atoms with Crippen molar-refractivity contribution in [1.29, 1.82) is 0 Å². The smallest absolute Gasteiger partial charge is 0.410 e. The van der Waals surface area contributed by atoms with Gasteiger partial charge in [0, 0.05) is 0 Å². The van der Waals surface area contributed by atoms with Crippen LogP contribution in [0.15, 0.2) is 35.5 Å². The molecule has 1 aliphatic heterocycles. The number of likely N-dealkylation sites (tertiary alicyclic amines) is 1. The molecule has 26 heavy (non-hydrogen) atoms. The molecule has 1 N–H and O–H groups in total. The maximum Gasteiger partial charge on any atom is 0.410 e. The molecule has 8 heteroatoms. The van der Waals surface area contributed by atoms with Crippen molar-refractivity contribution in [1.82, 2.24) is 10.2 Å². The molecule has 0 aliphatic carbocycles. The van der Waals surface area contributed by atoms with E-state index in [-0.39, 0.29) is 19.7 Å². The second-order valence-corrected chi connectivity index (χ2v) is 6.88. The highest BCUT2D eigenvalue weighted by molar-refractivity contribution is 5.97. The Labute approximate surface area is 153 Å². The van der Waals surface area contributed by atoms with Crippen molar-refractivity contribution in [2.75, 3.05) is 20.2 Å². The van der Waals surface area contributed by atoms with Crippen LogP contribution in [-0.4, -0.2) is 54.6 Å². The van der Waals surface area contributed by atoms with Gasteiger partial charge in [-0.1, -0.05) is 35.5 Å². The first-order valence-electron chi connectivity index (χ1n) is 8.33. The van der Waals surface area contributed by atoms with Crippen LogP contribution in [0.25, 0.3) is 0 Å². The van der Waals surface area contributed by atoms with Crippen LogP contribution in [0.1, 0.15) is 26.3 Å². The van der Waals surface area contributed by atoms with Crippen LogP contribution in [0.4, 0.5) is 9.59 Å². The molecule has 1 saturated heterocycles. The lowest BCUT2D eigenvalue weighted by Crippen LogP contribution is -2.42. The Morgan fingerprint density at radius 1 is 1.27 bits per heavy atom. The summed E-state index contributed by atoms with van der Waals surface area (Å²) < 4.78 is 10.6. The minimum absolute atomic E-state index is 0.159. The van der Waals surface area contributed by atoms with Crippen LogP contribution in [0.2, 0.25) is 0 Å². The van der Waals surface area contributed by atoms with Crippen molar-refractivity contribution in [3.63, 3.8) is 0 Å². The van der Waals surface area contributed by atoms with Gasteiger partial charge in [-0.15, -0.1) is 0 Å². The number of alkyl carbamates (subject to hydrolysis) is 1. The normalized spacial score (nSPS) is 18.5. The SMILES string of the molecule is CO/N=C1\CN(C(=O)OC(C)(C)C)CC1NC(=O)OCc1ccccc1. The number of rotatable bonds is 4. The number of carbonyl (C=O) groups is 2. The van der Waals surface area contributed by atoms with Gasteiger partial charge in [-0.05, 0) is 26.3 Å². The minimum Gasteiger partial charge on any atom is -0.445 e. The predicted molar refractivity (Wildman–Crippen MR) is 95.8 cm³/mol. The van der Waals surface area contributed by atoms with E-state index in [9.17, 15) is 9.59 Å². The maximum absolute atomic E-state index is 12.2. The first-order chi connectivity index (χ1) is 12.3. The molecule has 1 fully saturated rings. The van der Waals surface area contributed by atoms with E-state index >= 15 is 0 Å². The Hall–Kier alpha value is -2.77. The molecule has 0 radical (unpaired) electrons. The lowest BCUT2D eigenvalue weighted by atomic mass is 10.2. The Bertz CT molecular complexity index is 655. The van der Waals surface area contributed by atoms with E-state index in [4.69, 9.17) is 14.3 Å². The molecular weight excluding hydrogens is 338 g/mol. The Morgan fingerprint density at radius 2 is 1.96 bits per heavy atom. The molecule has 1 aliphatic rings. The summed E-state index contributed by atoms with van der Waals surface area (Å²) in [7, 11) is 1.41. The van der Waals surface area contributed by atoms with Gasteiger partial charge in [0.15, 0.2) is 0 Å². The van der Waals surface area contributed by atoms with Crippen molar-refractivity contribution < 1.29 is 23.9 Å². The van der Waals surface area contributed by atoms with E-state index in [1.165, 1.54) is 12.0 Å². The Kier molecular flexibility index (Phi) is 6.43. The fourth-order valence-corrected chi connectivity index (χ4v) is 2.41. The lowest BCUT2D eigenvalue weighted by Gasteiger charge is -2.24. The second kappa shape index (κ2) is 8.55. The average Bonchev–Trinajstić information content (AvgIpc) is 2.96. The van der Waals surface area contributed by atoms with Crippen LogP contribution in [0.5, 0.6) is 0 Å². The fourth-order valence-electron chi connectivity index (χ4n) is 2.41. The monoisotopic (exact) mass is 363 g/mol. The quantitative estimate of drug-likeness (QED) is 0.831. The standard InChI is InChI=1S/C18H25N3O5/c1-18(2,3)26-17(23)21-10-14(15(11-21)20-24-4)19-16(22)25-12-13-8-6-5-7-9-13/h5-9,14H,10-12H2,1-4H3,(H,19,22)/b20-15+. The molecule has 1 heterocycles. The van der Waals surface area contributed by atoms with Crippen molar-refractivity contribution in [3.05, 3.63) is 35.9 Å². The van der Waals surface area contributed by atoms with E-state index in [0.717, 1.165) is 5.56 Å². The highest BCUT2D eigenvalue weighted by atomic mass is 16.6. The van der Waals surface area contributed by atoms with Gasteiger partial charge in [0.2, 0.25) is 0 Å². The van der Waals surface area contributed by atoms with Gasteiger partial charge < -0.3 is 19.6 Å². The molecule has 0 bridgehead atoms. The summed E-state index contributed by atoms with van der Waals surface area (Å²) >= 11 is 0. The molecule has 0 aromatic heterocycles. The second-order valence-electron chi connectivity index (χ2n) is 6.88. The number of amides is 2. The zero-order valence-corrected chi connectivity index (χ0v) is 15.5. The number of nitrogens with zero attached hydrogens (tertiary/aromatic N) is 2. The third kappa shape index (κ3) is 5.94. The molecule has 2 amide bonds. The van der Waals surface area contributed by atoms with Gasteiger partial charge in [-0.25, -0.2) is 9.59 Å². The van der Waals surface area contributed by atoms with Gasteiger partial charge in [-0.2, -0.15) is 0 Å². The summed E-state index contributed by atoms with van der Waals surface area (Å²) in [6, 6.07) is 8.87. The number of carbonyl (C=O) groups excluding carboxylic acids is 2. The summed E-state index contributed by atoms with van der Waals surface area (Å²) in [6.07, 6.45) is -1.06. The lowest BCUT2D eigenvalue weighted by molar-refractivity contribution is 0.0294. The largest absolute Gasteiger partial charge is 0.445 e. The van der Waals surface area contributed by atoms with Gasteiger partial charge in [0.05, 0.1) is 19.1 Å². The van der Waals surface area contributed by atoms with Gasteiger partial charge >= 0.3 is 12.2 Å². The molecule has 1 atom stereocenters. The number of hydrogen-bond donors (Lipinski definition) is 1. The fraction of sp³-hybridized carbons (Fsp3) is 0.500. The average molecular weight is 363 g/mol. The van der Waals surface area contributed by atoms with E-state index in [2.05, 4.69) is 10.5 Å². The third-order valence-electron chi connectivity index (χ3n) is 3.52. The molecule has 0 saturated carbocycles. The molecule has 1 unspecified atom stereocenters. The topological polar surface area (TPSA) is 89.5 Å². The molecule has 142 valence electrons. The predicted octanol–water partition coefficient (Wildman–Crippen LogP) is 2.53. The van der Waals surface area contributed by atoms with Crippen LogP contribution in [0, 0.1) is 0 Å². The van der Waals surface area contributed by atoms with Gasteiger partial charge in [-0.3, -0.25) is 4.90 Å². The summed E-state index contributed by atoms with van der Waals surface area (Å²) in [5, 5.41) is 6.61. The summed E-state index contributed by atoms with van der Waals surface area (Å²) in [4.78, 5) is 30.6. The number of benzene rings is 1. The maximum atomic E-state index is 12.2. The minimum atomic E-state index is -0.601. The van der Waals surface area contributed by atoms with Gasteiger partial charge in [0.25, 0.3) is 0 Å². The molecule has 0 spiro atoms. The molecule has 1 aromatic carbocycles. The first-order valence-corrected chi connectivity index (χ1v) is 8.33. The zero-order chi connectivity index (χ0) is 19.2. The summed E-state index contributed by atoms with van der Waals surface area (Å²) in [5.74, 6) is 0. The van der Waals surface area contributed by atoms with Crippen molar-refractivity contribution in [3.8, 4) is 0 Å². The van der Waals surface area contributed by atoms with E-state index in [1.807, 2.05) is 30.3 Å². The highest BCUT2D eigenvalue weighted by Gasteiger charge is 2.36. The Balaban J connectivity index is 1.92. The van der Waals surface area contributed by atoms with Crippen molar-refractivity contribution in [2.45, 2.75) is 39.0 Å². The first kappa shape index (κ1) is 19.6. The molecule has 8 nitrogen and oxygen atoms in total. The Morgan fingerprint density at radius 3 is 2.58 bits per heavy atom. The number of nitrogens with one attached hydrogen (secondary N) is 1. The van der Waals surface area contributed by atoms with Crippen LogP contribution < -0.4 is 5.32 Å². The van der Waals surface area contributed by atoms with Crippen LogP contribution in [-0.2, 0) is 20.9 Å². The summed E-state index contributed by atoms with van der Waals surface area (Å²) in [5.41, 5.74) is 0.806. The van der Waals surface area contributed by atoms with Crippen LogP contribution >= 0.6 is 0 Å². The zero-order valence-electron chi connectivity index (χ0n) is 15.5. The van der Waals surface area contributed by atoms with E-state index < -0.39 is 23.8 Å². The molecular formula is C18H25N3O5. The molecule has 1 aromatic rings. The van der Waals surface area contributed by atoms with Crippen molar-refractivity contribution >= 4 is 17.9 Å². The van der Waals surface area contributed by atoms with E-state index in [1.54, 1.807) is 20.8 Å². The number of oxime groups is 1. The number of hydrogen-bond acceptors (Lipinski definition) is 6. The highest BCUT2D eigenvalue weighted by Crippen LogP contribution is 2.15.